The van der Waals surface area contributed by atoms with Crippen LogP contribution in [-0.2, 0) is 6.42 Å². The minimum absolute atomic E-state index is 0.361. The van der Waals surface area contributed by atoms with E-state index >= 15 is 0 Å². The Morgan fingerprint density at radius 2 is 2.11 bits per heavy atom. The second-order valence-electron chi connectivity index (χ2n) is 4.62. The van der Waals surface area contributed by atoms with Crippen LogP contribution in [-0.4, -0.2) is 12.2 Å². The summed E-state index contributed by atoms with van der Waals surface area (Å²) in [5, 5.41) is 8.02. The molecule has 3 nitrogen and oxygen atoms in total. The van der Waals surface area contributed by atoms with Crippen LogP contribution in [0.1, 0.15) is 35.6 Å². The van der Waals surface area contributed by atoms with Gasteiger partial charge in [0.2, 0.25) is 5.88 Å². The summed E-state index contributed by atoms with van der Waals surface area (Å²) >= 11 is 5.95. The number of nitrogens with zero attached hydrogens (tertiary/aromatic N) is 1. The molecule has 0 spiro atoms. The number of hydrogen-bond donors (Lipinski definition) is 1. The van der Waals surface area contributed by atoms with Gasteiger partial charge in [-0.3, -0.25) is 0 Å². The van der Waals surface area contributed by atoms with Gasteiger partial charge in [-0.15, -0.1) is 0 Å². The number of nitrogens with one attached hydrogen (secondary N) is 1. The third-order valence-corrected chi connectivity index (χ3v) is 3.81. The molecule has 1 aromatic heterocycles. The van der Waals surface area contributed by atoms with Crippen LogP contribution in [0.4, 0.5) is 5.88 Å². The monoisotopic (exact) mass is 262 g/mol. The molecule has 1 heterocycles. The molecule has 94 valence electrons. The van der Waals surface area contributed by atoms with Crippen LogP contribution < -0.4 is 5.32 Å². The zero-order chi connectivity index (χ0) is 12.5. The molecule has 18 heavy (non-hydrogen) atoms. The van der Waals surface area contributed by atoms with Crippen LogP contribution in [0.15, 0.2) is 28.8 Å². The van der Waals surface area contributed by atoms with Crippen LogP contribution >= 0.6 is 11.6 Å². The second-order valence-corrected chi connectivity index (χ2v) is 5.05. The third-order valence-electron chi connectivity index (χ3n) is 3.56. The molecule has 0 bridgehead atoms. The summed E-state index contributed by atoms with van der Waals surface area (Å²) in [6, 6.07) is 8.07. The Morgan fingerprint density at radius 3 is 2.83 bits per heavy atom. The van der Waals surface area contributed by atoms with Crippen molar-refractivity contribution in [1.82, 2.24) is 5.16 Å². The van der Waals surface area contributed by atoms with E-state index in [1.54, 1.807) is 0 Å². The lowest BCUT2D eigenvalue weighted by Crippen LogP contribution is -2.11. The molecule has 1 N–H and O–H groups in total. The number of rotatable bonds is 2. The molecule has 1 aliphatic rings. The molecule has 1 unspecified atom stereocenters. The topological polar surface area (TPSA) is 38.1 Å². The number of anilines is 1. The molecule has 4 heteroatoms. The molecule has 3 rings (SSSR count). The van der Waals surface area contributed by atoms with Crippen LogP contribution in [0, 0.1) is 0 Å². The average Bonchev–Trinajstić information content (AvgIpc) is 2.82. The molecule has 0 radical (unpaired) electrons. The fourth-order valence-electron chi connectivity index (χ4n) is 2.70. The highest BCUT2D eigenvalue weighted by atomic mass is 35.5. The molecule has 1 aromatic carbocycles. The van der Waals surface area contributed by atoms with Crippen molar-refractivity contribution in [3.8, 4) is 0 Å². The van der Waals surface area contributed by atoms with E-state index < -0.39 is 0 Å². The number of halogens is 1. The van der Waals surface area contributed by atoms with Gasteiger partial charge in [-0.1, -0.05) is 28.9 Å². The van der Waals surface area contributed by atoms with Gasteiger partial charge in [0.05, 0.1) is 5.69 Å². The van der Waals surface area contributed by atoms with E-state index in [4.69, 9.17) is 16.1 Å². The van der Waals surface area contributed by atoms with Gasteiger partial charge >= 0.3 is 0 Å². The van der Waals surface area contributed by atoms with Crippen molar-refractivity contribution in [3.63, 3.8) is 0 Å². The molecule has 0 fully saturated rings. The van der Waals surface area contributed by atoms with E-state index in [1.165, 1.54) is 11.1 Å². The van der Waals surface area contributed by atoms with E-state index in [9.17, 15) is 0 Å². The number of hydrogen-bond acceptors (Lipinski definition) is 3. The Morgan fingerprint density at radius 1 is 1.33 bits per heavy atom. The average molecular weight is 263 g/mol. The lowest BCUT2D eigenvalue weighted by Gasteiger charge is -2.22. The SMILES string of the molecule is CNc1onc2c1C(c1ccc(Cl)cc1)CCC2. The molecule has 1 aliphatic carbocycles. The van der Waals surface area contributed by atoms with Crippen molar-refractivity contribution >= 4 is 17.5 Å². The Labute approximate surface area is 111 Å². The van der Waals surface area contributed by atoms with Gasteiger partial charge in [0.1, 0.15) is 0 Å². The smallest absolute Gasteiger partial charge is 0.228 e. The molecule has 2 aromatic rings. The van der Waals surface area contributed by atoms with Crippen molar-refractivity contribution in [2.24, 2.45) is 0 Å². The number of aromatic nitrogens is 1. The standard InChI is InChI=1S/C14H15ClN2O/c1-16-14-13-11(3-2-4-12(13)17-18-14)9-5-7-10(15)8-6-9/h5-8,11,16H,2-4H2,1H3. The Balaban J connectivity index is 2.04. The molecular formula is C14H15ClN2O. The van der Waals surface area contributed by atoms with E-state index in [2.05, 4.69) is 22.6 Å². The van der Waals surface area contributed by atoms with E-state index in [-0.39, 0.29) is 0 Å². The summed E-state index contributed by atoms with van der Waals surface area (Å²) in [5.41, 5.74) is 3.58. The zero-order valence-corrected chi connectivity index (χ0v) is 11.0. The van der Waals surface area contributed by atoms with Crippen molar-refractivity contribution in [2.45, 2.75) is 25.2 Å². The fourth-order valence-corrected chi connectivity index (χ4v) is 2.82. The summed E-state index contributed by atoms with van der Waals surface area (Å²) in [7, 11) is 1.87. The Bertz CT molecular complexity index is 534. The Hall–Kier alpha value is -1.48. The zero-order valence-electron chi connectivity index (χ0n) is 10.2. The van der Waals surface area contributed by atoms with Crippen LogP contribution in [0.25, 0.3) is 0 Å². The van der Waals surface area contributed by atoms with Gasteiger partial charge in [-0.2, -0.15) is 0 Å². The predicted molar refractivity (Wildman–Crippen MR) is 72.3 cm³/mol. The lowest BCUT2D eigenvalue weighted by molar-refractivity contribution is 0.424. The lowest BCUT2D eigenvalue weighted by atomic mass is 9.82. The molecule has 0 saturated carbocycles. The van der Waals surface area contributed by atoms with Gasteiger partial charge in [0.25, 0.3) is 0 Å². The van der Waals surface area contributed by atoms with Crippen molar-refractivity contribution < 1.29 is 4.52 Å². The Kier molecular flexibility index (Phi) is 3.00. The molecule has 0 amide bonds. The highest BCUT2D eigenvalue weighted by Gasteiger charge is 2.28. The van der Waals surface area contributed by atoms with Crippen LogP contribution in [0.3, 0.4) is 0 Å². The van der Waals surface area contributed by atoms with E-state index in [0.717, 1.165) is 35.9 Å². The summed E-state index contributed by atoms with van der Waals surface area (Å²) in [6.07, 6.45) is 3.28. The van der Waals surface area contributed by atoms with Crippen molar-refractivity contribution in [3.05, 3.63) is 46.1 Å². The molecule has 0 saturated heterocycles. The number of fused-ring (bicyclic) bond motifs is 1. The first-order valence-corrected chi connectivity index (χ1v) is 6.59. The molecule has 1 atom stereocenters. The first kappa shape index (κ1) is 11.6. The number of benzene rings is 1. The van der Waals surface area contributed by atoms with Crippen LogP contribution in [0.5, 0.6) is 0 Å². The normalized spacial score (nSPS) is 18.4. The maximum Gasteiger partial charge on any atom is 0.228 e. The number of aryl methyl sites for hydroxylation is 1. The van der Waals surface area contributed by atoms with Gasteiger partial charge in [0, 0.05) is 23.6 Å². The quantitative estimate of drug-likeness (QED) is 0.894. The predicted octanol–water partition coefficient (Wildman–Crippen LogP) is 3.84. The first-order valence-electron chi connectivity index (χ1n) is 6.21. The largest absolute Gasteiger partial charge is 0.357 e. The van der Waals surface area contributed by atoms with Gasteiger partial charge in [-0.25, -0.2) is 0 Å². The maximum absolute atomic E-state index is 5.95. The van der Waals surface area contributed by atoms with Crippen molar-refractivity contribution in [1.29, 1.82) is 0 Å². The van der Waals surface area contributed by atoms with Gasteiger partial charge < -0.3 is 9.84 Å². The molecular weight excluding hydrogens is 248 g/mol. The van der Waals surface area contributed by atoms with Gasteiger partial charge in [0.15, 0.2) is 0 Å². The third kappa shape index (κ3) is 1.89. The molecule has 0 aliphatic heterocycles. The highest BCUT2D eigenvalue weighted by molar-refractivity contribution is 6.30. The summed E-state index contributed by atoms with van der Waals surface area (Å²) < 4.78 is 5.36. The van der Waals surface area contributed by atoms with E-state index in [1.807, 2.05) is 19.2 Å². The van der Waals surface area contributed by atoms with E-state index in [0.29, 0.717) is 5.92 Å². The highest BCUT2D eigenvalue weighted by Crippen LogP contribution is 2.40. The summed E-state index contributed by atoms with van der Waals surface area (Å²) in [4.78, 5) is 0. The minimum atomic E-state index is 0.361. The summed E-state index contributed by atoms with van der Waals surface area (Å²) in [6.45, 7) is 0. The van der Waals surface area contributed by atoms with Crippen molar-refractivity contribution in [2.75, 3.05) is 12.4 Å². The second kappa shape index (κ2) is 4.65. The minimum Gasteiger partial charge on any atom is -0.357 e. The van der Waals surface area contributed by atoms with Crippen LogP contribution in [0.2, 0.25) is 5.02 Å². The summed E-state index contributed by atoms with van der Waals surface area (Å²) in [5.74, 6) is 1.16. The first-order chi connectivity index (χ1) is 8.79. The maximum atomic E-state index is 5.95. The fraction of sp³-hybridized carbons (Fsp3) is 0.357. The van der Waals surface area contributed by atoms with Gasteiger partial charge in [-0.05, 0) is 37.0 Å².